The molecule has 0 aliphatic carbocycles. The molecule has 6 nitrogen and oxygen atoms in total. The molecule has 3 N–H and O–H groups in total. The van der Waals surface area contributed by atoms with E-state index < -0.39 is 21.5 Å². The number of nitrogens with zero attached hydrogens (tertiary/aromatic N) is 1. The lowest BCUT2D eigenvalue weighted by molar-refractivity contribution is -0.112. The molecule has 1 atom stereocenters. The predicted octanol–water partition coefficient (Wildman–Crippen LogP) is 1.77. The van der Waals surface area contributed by atoms with Crippen molar-refractivity contribution in [1.29, 1.82) is 0 Å². The highest BCUT2D eigenvalue weighted by molar-refractivity contribution is 7.88. The van der Waals surface area contributed by atoms with E-state index in [4.69, 9.17) is 5.73 Å². The molecule has 0 aromatic heterocycles. The molecule has 2 aromatic rings. The van der Waals surface area contributed by atoms with Gasteiger partial charge in [0.1, 0.15) is 0 Å². The quantitative estimate of drug-likeness (QED) is 0.838. The van der Waals surface area contributed by atoms with Gasteiger partial charge in [0, 0.05) is 30.4 Å². The summed E-state index contributed by atoms with van der Waals surface area (Å²) in [7, 11) is -1.90. The molecule has 1 aliphatic rings. The SMILES string of the molecule is CN(CC1(c2ccccc2)C=C(C(N)=O)c2ccccc2N1)S(C)(=O)=O. The summed E-state index contributed by atoms with van der Waals surface area (Å²) in [5, 5.41) is 3.42. The molecule has 1 amide bonds. The molecule has 2 aromatic carbocycles. The van der Waals surface area contributed by atoms with Gasteiger partial charge in [-0.1, -0.05) is 48.5 Å². The maximum Gasteiger partial charge on any atom is 0.249 e. The number of amides is 1. The maximum absolute atomic E-state index is 12.1. The summed E-state index contributed by atoms with van der Waals surface area (Å²) < 4.78 is 25.3. The second kappa shape index (κ2) is 6.59. The molecule has 1 unspecified atom stereocenters. The van der Waals surface area contributed by atoms with E-state index in [9.17, 15) is 13.2 Å². The second-order valence-corrected chi connectivity index (χ2v) is 8.54. The Bertz CT molecular complexity index is 971. The van der Waals surface area contributed by atoms with Gasteiger partial charge in [-0.3, -0.25) is 4.79 Å². The van der Waals surface area contributed by atoms with E-state index in [0.29, 0.717) is 11.1 Å². The van der Waals surface area contributed by atoms with E-state index >= 15 is 0 Å². The van der Waals surface area contributed by atoms with E-state index in [-0.39, 0.29) is 6.54 Å². The summed E-state index contributed by atoms with van der Waals surface area (Å²) in [5.74, 6) is -0.554. The number of rotatable bonds is 5. The Morgan fingerprint density at radius 3 is 2.35 bits per heavy atom. The van der Waals surface area contributed by atoms with E-state index in [1.54, 1.807) is 6.08 Å². The smallest absolute Gasteiger partial charge is 0.249 e. The number of sulfonamides is 1. The van der Waals surface area contributed by atoms with Gasteiger partial charge in [-0.25, -0.2) is 12.7 Å². The summed E-state index contributed by atoms with van der Waals surface area (Å²) >= 11 is 0. The van der Waals surface area contributed by atoms with Gasteiger partial charge in [0.15, 0.2) is 0 Å². The van der Waals surface area contributed by atoms with Crippen molar-refractivity contribution in [3.63, 3.8) is 0 Å². The zero-order chi connectivity index (χ0) is 18.9. The van der Waals surface area contributed by atoms with Crippen LogP contribution in [0.2, 0.25) is 0 Å². The first kappa shape index (κ1) is 18.2. The number of primary amides is 1. The second-order valence-electron chi connectivity index (χ2n) is 6.45. The van der Waals surface area contributed by atoms with Gasteiger partial charge in [0.2, 0.25) is 15.9 Å². The van der Waals surface area contributed by atoms with Crippen LogP contribution in [0.25, 0.3) is 5.57 Å². The summed E-state index contributed by atoms with van der Waals surface area (Å²) in [6.07, 6.45) is 2.88. The fourth-order valence-electron chi connectivity index (χ4n) is 3.17. The first-order chi connectivity index (χ1) is 12.2. The number of fused-ring (bicyclic) bond motifs is 1. The molecule has 1 aliphatic heterocycles. The number of benzene rings is 2. The number of likely N-dealkylation sites (N-methyl/N-ethyl adjacent to an activating group) is 1. The van der Waals surface area contributed by atoms with Crippen LogP contribution in [0.4, 0.5) is 5.69 Å². The normalized spacial score (nSPS) is 19.4. The average molecular weight is 371 g/mol. The Hall–Kier alpha value is -2.64. The van der Waals surface area contributed by atoms with Crippen molar-refractivity contribution in [1.82, 2.24) is 4.31 Å². The Balaban J connectivity index is 2.22. The number of hydrogen-bond acceptors (Lipinski definition) is 4. The fourth-order valence-corrected chi connectivity index (χ4v) is 3.61. The van der Waals surface area contributed by atoms with E-state index in [2.05, 4.69) is 5.32 Å². The molecular formula is C19H21N3O3S. The van der Waals surface area contributed by atoms with Crippen LogP contribution in [0, 0.1) is 0 Å². The molecule has 1 heterocycles. The summed E-state index contributed by atoms with van der Waals surface area (Å²) in [6, 6.07) is 16.8. The van der Waals surface area contributed by atoms with Gasteiger partial charge in [0.25, 0.3) is 0 Å². The van der Waals surface area contributed by atoms with Gasteiger partial charge in [-0.15, -0.1) is 0 Å². The molecule has 7 heteroatoms. The maximum atomic E-state index is 12.1. The number of para-hydroxylation sites is 1. The van der Waals surface area contributed by atoms with Gasteiger partial charge in [-0.2, -0.15) is 0 Å². The van der Waals surface area contributed by atoms with Crippen LogP contribution in [0.1, 0.15) is 11.1 Å². The Morgan fingerprint density at radius 2 is 1.73 bits per heavy atom. The monoisotopic (exact) mass is 371 g/mol. The molecule has 136 valence electrons. The van der Waals surface area contributed by atoms with E-state index in [0.717, 1.165) is 17.5 Å². The highest BCUT2D eigenvalue weighted by atomic mass is 32.2. The number of hydrogen-bond donors (Lipinski definition) is 2. The lowest BCUT2D eigenvalue weighted by Gasteiger charge is -2.40. The fraction of sp³-hybridized carbons (Fsp3) is 0.211. The van der Waals surface area contributed by atoms with Crippen molar-refractivity contribution in [2.45, 2.75) is 5.54 Å². The minimum absolute atomic E-state index is 0.112. The van der Waals surface area contributed by atoms with Crippen molar-refractivity contribution < 1.29 is 13.2 Å². The molecule has 26 heavy (non-hydrogen) atoms. The largest absolute Gasteiger partial charge is 0.370 e. The zero-order valence-corrected chi connectivity index (χ0v) is 15.5. The van der Waals surface area contributed by atoms with Crippen molar-refractivity contribution >= 4 is 27.2 Å². The summed E-state index contributed by atoms with van der Waals surface area (Å²) in [4.78, 5) is 12.1. The highest BCUT2D eigenvalue weighted by Crippen LogP contribution is 2.39. The molecule has 0 saturated heterocycles. The van der Waals surface area contributed by atoms with E-state index in [1.165, 1.54) is 11.4 Å². The lowest BCUT2D eigenvalue weighted by atomic mass is 9.82. The number of anilines is 1. The third kappa shape index (κ3) is 3.36. The first-order valence-electron chi connectivity index (χ1n) is 8.10. The van der Waals surface area contributed by atoms with Gasteiger partial charge in [0.05, 0.1) is 11.8 Å². The number of carbonyl (C=O) groups excluding carboxylic acids is 1. The minimum Gasteiger partial charge on any atom is -0.370 e. The average Bonchev–Trinajstić information content (AvgIpc) is 2.61. The van der Waals surface area contributed by atoms with Gasteiger partial charge < -0.3 is 11.1 Å². The Morgan fingerprint density at radius 1 is 1.12 bits per heavy atom. The molecule has 0 radical (unpaired) electrons. The van der Waals surface area contributed by atoms with Crippen LogP contribution < -0.4 is 11.1 Å². The third-order valence-electron chi connectivity index (χ3n) is 4.56. The molecule has 3 rings (SSSR count). The molecular weight excluding hydrogens is 350 g/mol. The van der Waals surface area contributed by atoms with E-state index in [1.807, 2.05) is 54.6 Å². The van der Waals surface area contributed by atoms with Gasteiger partial charge >= 0.3 is 0 Å². The molecule has 0 fully saturated rings. The minimum atomic E-state index is -3.42. The van der Waals surface area contributed by atoms with Crippen LogP contribution in [-0.2, 0) is 20.4 Å². The van der Waals surface area contributed by atoms with Crippen molar-refractivity contribution in [2.75, 3.05) is 25.2 Å². The first-order valence-corrected chi connectivity index (χ1v) is 9.95. The zero-order valence-electron chi connectivity index (χ0n) is 14.6. The molecule has 0 spiro atoms. The molecule has 0 bridgehead atoms. The topological polar surface area (TPSA) is 92.5 Å². The number of nitrogens with two attached hydrogens (primary N) is 1. The van der Waals surface area contributed by atoms with Gasteiger partial charge in [-0.05, 0) is 17.7 Å². The van der Waals surface area contributed by atoms with Crippen molar-refractivity contribution in [2.24, 2.45) is 5.73 Å². The number of nitrogens with one attached hydrogen (secondary N) is 1. The standard InChI is InChI=1S/C19H21N3O3S/c1-22(26(2,24)25)13-19(14-8-4-3-5-9-14)12-16(18(20)23)15-10-6-7-11-17(15)21-19/h3-12,21H,13H2,1-2H3,(H2,20,23). The van der Waals surface area contributed by atoms with Crippen molar-refractivity contribution in [3.05, 3.63) is 71.8 Å². The van der Waals surface area contributed by atoms with Crippen LogP contribution in [0.5, 0.6) is 0 Å². The van der Waals surface area contributed by atoms with Crippen LogP contribution in [-0.4, -0.2) is 38.5 Å². The summed E-state index contributed by atoms with van der Waals surface area (Å²) in [5.41, 5.74) is 7.35. The lowest BCUT2D eigenvalue weighted by Crippen LogP contribution is -2.47. The van der Waals surface area contributed by atoms with Crippen LogP contribution in [0.15, 0.2) is 60.7 Å². The van der Waals surface area contributed by atoms with Crippen molar-refractivity contribution in [3.8, 4) is 0 Å². The predicted molar refractivity (Wildman–Crippen MR) is 103 cm³/mol. The third-order valence-corrected chi connectivity index (χ3v) is 5.82. The van der Waals surface area contributed by atoms with Crippen LogP contribution in [0.3, 0.4) is 0 Å². The Labute approximate surface area is 153 Å². The highest BCUT2D eigenvalue weighted by Gasteiger charge is 2.38. The number of carbonyl (C=O) groups is 1. The molecule has 0 saturated carbocycles. The Kier molecular flexibility index (Phi) is 4.60. The van der Waals surface area contributed by atoms with Crippen LogP contribution >= 0.6 is 0 Å². The summed E-state index contributed by atoms with van der Waals surface area (Å²) in [6.45, 7) is 0.112.